The zero-order chi connectivity index (χ0) is 11.7. The van der Waals surface area contributed by atoms with Gasteiger partial charge in [-0.25, -0.2) is 0 Å². The molecule has 1 aliphatic heterocycles. The van der Waals surface area contributed by atoms with Gasteiger partial charge in [0.15, 0.2) is 6.61 Å². The quantitative estimate of drug-likeness (QED) is 0.624. The van der Waals surface area contributed by atoms with Crippen molar-refractivity contribution in [3.8, 4) is 5.75 Å². The summed E-state index contributed by atoms with van der Waals surface area (Å²) in [5.41, 5.74) is 1.82. The van der Waals surface area contributed by atoms with Gasteiger partial charge in [-0.2, -0.15) is 12.6 Å². The van der Waals surface area contributed by atoms with E-state index in [-0.39, 0.29) is 12.5 Å². The summed E-state index contributed by atoms with van der Waals surface area (Å²) in [5, 5.41) is 0. The highest BCUT2D eigenvalue weighted by Gasteiger charge is 2.22. The molecule has 0 saturated carbocycles. The number of anilines is 2. The SMILES string of the molecule is CN(CS)c1ccc2c(c1)N(C)C(=O)CO2. The van der Waals surface area contributed by atoms with Gasteiger partial charge in [0.1, 0.15) is 5.75 Å². The molecule has 5 heteroatoms. The Morgan fingerprint density at radius 2 is 2.31 bits per heavy atom. The first-order valence-electron chi connectivity index (χ1n) is 4.99. The highest BCUT2D eigenvalue weighted by Crippen LogP contribution is 2.34. The van der Waals surface area contributed by atoms with E-state index in [1.807, 2.05) is 30.1 Å². The minimum atomic E-state index is -0.0295. The lowest BCUT2D eigenvalue weighted by Gasteiger charge is -2.27. The van der Waals surface area contributed by atoms with Crippen LogP contribution in [0.4, 0.5) is 11.4 Å². The van der Waals surface area contributed by atoms with E-state index in [0.29, 0.717) is 5.88 Å². The summed E-state index contributed by atoms with van der Waals surface area (Å²) in [6, 6.07) is 5.77. The summed E-state index contributed by atoms with van der Waals surface area (Å²) in [6.45, 7) is 0.116. The lowest BCUT2D eigenvalue weighted by Crippen LogP contribution is -2.35. The summed E-state index contributed by atoms with van der Waals surface area (Å²) in [4.78, 5) is 15.1. The molecule has 0 radical (unpaired) electrons. The normalized spacial score (nSPS) is 14.4. The molecule has 0 N–H and O–H groups in total. The van der Waals surface area contributed by atoms with Crippen molar-refractivity contribution in [3.05, 3.63) is 18.2 Å². The second kappa shape index (κ2) is 4.25. The molecular weight excluding hydrogens is 224 g/mol. The maximum Gasteiger partial charge on any atom is 0.264 e. The number of rotatable bonds is 2. The van der Waals surface area contributed by atoms with Gasteiger partial charge >= 0.3 is 0 Å². The van der Waals surface area contributed by atoms with Crippen LogP contribution in [0.3, 0.4) is 0 Å². The van der Waals surface area contributed by atoms with Crippen LogP contribution in [0.1, 0.15) is 0 Å². The minimum Gasteiger partial charge on any atom is -0.482 e. The summed E-state index contributed by atoms with van der Waals surface area (Å²) >= 11 is 4.21. The summed E-state index contributed by atoms with van der Waals surface area (Å²) in [6.07, 6.45) is 0. The molecule has 4 nitrogen and oxygen atoms in total. The van der Waals surface area contributed by atoms with E-state index in [0.717, 1.165) is 17.1 Å². The van der Waals surface area contributed by atoms with Gasteiger partial charge in [0, 0.05) is 19.8 Å². The predicted octanol–water partition coefficient (Wildman–Crippen LogP) is 1.37. The second-order valence-electron chi connectivity index (χ2n) is 3.73. The lowest BCUT2D eigenvalue weighted by atomic mass is 10.2. The molecule has 0 atom stereocenters. The first kappa shape index (κ1) is 11.1. The van der Waals surface area contributed by atoms with E-state index in [2.05, 4.69) is 12.6 Å². The average molecular weight is 238 g/mol. The third-order valence-electron chi connectivity index (χ3n) is 2.68. The zero-order valence-corrected chi connectivity index (χ0v) is 10.2. The predicted molar refractivity (Wildman–Crippen MR) is 67.6 cm³/mol. The fourth-order valence-corrected chi connectivity index (χ4v) is 1.74. The van der Waals surface area contributed by atoms with E-state index in [9.17, 15) is 4.79 Å². The first-order valence-corrected chi connectivity index (χ1v) is 5.62. The van der Waals surface area contributed by atoms with Crippen LogP contribution in [-0.2, 0) is 4.79 Å². The molecule has 0 aliphatic carbocycles. The standard InChI is InChI=1S/C11H14N2O2S/c1-12(7-16)8-3-4-10-9(5-8)13(2)11(14)6-15-10/h3-5,16H,6-7H2,1-2H3. The molecule has 1 aliphatic rings. The molecule has 86 valence electrons. The monoisotopic (exact) mass is 238 g/mol. The van der Waals surface area contributed by atoms with E-state index in [4.69, 9.17) is 4.74 Å². The maximum atomic E-state index is 11.5. The van der Waals surface area contributed by atoms with Crippen molar-refractivity contribution in [2.75, 3.05) is 36.4 Å². The molecule has 0 spiro atoms. The van der Waals surface area contributed by atoms with Gasteiger partial charge in [-0.15, -0.1) is 0 Å². The van der Waals surface area contributed by atoms with Crippen molar-refractivity contribution >= 4 is 29.9 Å². The summed E-state index contributed by atoms with van der Waals surface area (Å²) in [7, 11) is 3.70. The molecule has 0 bridgehead atoms. The number of carbonyl (C=O) groups excluding carboxylic acids is 1. The van der Waals surface area contributed by atoms with Crippen molar-refractivity contribution in [1.29, 1.82) is 0 Å². The van der Waals surface area contributed by atoms with Crippen LogP contribution in [0.2, 0.25) is 0 Å². The molecule has 1 amide bonds. The molecular formula is C11H14N2O2S. The number of hydrogen-bond donors (Lipinski definition) is 1. The van der Waals surface area contributed by atoms with E-state index in [1.54, 1.807) is 11.9 Å². The molecule has 1 aromatic carbocycles. The second-order valence-corrected chi connectivity index (χ2v) is 4.02. The van der Waals surface area contributed by atoms with Crippen molar-refractivity contribution < 1.29 is 9.53 Å². The Bertz CT molecular complexity index is 422. The Morgan fingerprint density at radius 3 is 3.00 bits per heavy atom. The van der Waals surface area contributed by atoms with Crippen LogP contribution < -0.4 is 14.5 Å². The van der Waals surface area contributed by atoms with Gasteiger partial charge in [-0.05, 0) is 18.2 Å². The molecule has 16 heavy (non-hydrogen) atoms. The van der Waals surface area contributed by atoms with Crippen molar-refractivity contribution in [3.63, 3.8) is 0 Å². The molecule has 0 fully saturated rings. The topological polar surface area (TPSA) is 32.8 Å². The largest absolute Gasteiger partial charge is 0.482 e. The van der Waals surface area contributed by atoms with Crippen molar-refractivity contribution in [2.24, 2.45) is 0 Å². The average Bonchev–Trinajstić information content (AvgIpc) is 2.32. The summed E-state index contributed by atoms with van der Waals surface area (Å²) < 4.78 is 5.35. The minimum absolute atomic E-state index is 0.0295. The van der Waals surface area contributed by atoms with Gasteiger partial charge in [0.25, 0.3) is 5.91 Å². The fourth-order valence-electron chi connectivity index (χ4n) is 1.58. The Hall–Kier alpha value is -1.36. The van der Waals surface area contributed by atoms with E-state index < -0.39 is 0 Å². The maximum absolute atomic E-state index is 11.5. The molecule has 1 aromatic rings. The highest BCUT2D eigenvalue weighted by atomic mass is 32.1. The van der Waals surface area contributed by atoms with E-state index >= 15 is 0 Å². The van der Waals surface area contributed by atoms with Crippen LogP contribution in [0.5, 0.6) is 5.75 Å². The van der Waals surface area contributed by atoms with Crippen LogP contribution in [0, 0.1) is 0 Å². The van der Waals surface area contributed by atoms with Crippen LogP contribution >= 0.6 is 12.6 Å². The van der Waals surface area contributed by atoms with Gasteiger partial charge in [-0.1, -0.05) is 0 Å². The first-order chi connectivity index (χ1) is 7.63. The molecule has 0 aromatic heterocycles. The Morgan fingerprint density at radius 1 is 1.56 bits per heavy atom. The molecule has 2 rings (SSSR count). The number of thiol groups is 1. The van der Waals surface area contributed by atoms with Crippen LogP contribution in [0.15, 0.2) is 18.2 Å². The third kappa shape index (κ3) is 1.82. The molecule has 0 unspecified atom stereocenters. The van der Waals surface area contributed by atoms with Crippen molar-refractivity contribution in [2.45, 2.75) is 0 Å². The van der Waals surface area contributed by atoms with Gasteiger partial charge in [0.05, 0.1) is 11.6 Å². The number of carbonyl (C=O) groups is 1. The zero-order valence-electron chi connectivity index (χ0n) is 9.30. The number of hydrogen-bond acceptors (Lipinski definition) is 4. The third-order valence-corrected chi connectivity index (χ3v) is 3.11. The van der Waals surface area contributed by atoms with E-state index in [1.165, 1.54) is 0 Å². The van der Waals surface area contributed by atoms with Crippen LogP contribution in [0.25, 0.3) is 0 Å². The van der Waals surface area contributed by atoms with Gasteiger partial charge < -0.3 is 14.5 Å². The smallest absolute Gasteiger partial charge is 0.264 e. The molecule has 0 saturated heterocycles. The number of benzene rings is 1. The Labute approximate surface area is 100 Å². The molecule has 1 heterocycles. The van der Waals surface area contributed by atoms with Gasteiger partial charge in [-0.3, -0.25) is 4.79 Å². The summed E-state index contributed by atoms with van der Waals surface area (Å²) in [5.74, 6) is 1.34. The van der Waals surface area contributed by atoms with Gasteiger partial charge in [0.2, 0.25) is 0 Å². The van der Waals surface area contributed by atoms with Crippen LogP contribution in [-0.4, -0.2) is 32.5 Å². The lowest BCUT2D eigenvalue weighted by molar-refractivity contribution is -0.120. The number of amides is 1. The number of nitrogens with zero attached hydrogens (tertiary/aromatic N) is 2. The highest BCUT2D eigenvalue weighted by molar-refractivity contribution is 7.80. The number of ether oxygens (including phenoxy) is 1. The Balaban J connectivity index is 2.40. The number of likely N-dealkylation sites (N-methyl/N-ethyl adjacent to an activating group) is 1. The fraction of sp³-hybridized carbons (Fsp3) is 0.364. The number of fused-ring (bicyclic) bond motifs is 1. The Kier molecular flexibility index (Phi) is 2.96. The van der Waals surface area contributed by atoms with Crippen molar-refractivity contribution in [1.82, 2.24) is 0 Å².